The molecule has 0 saturated carbocycles. The van der Waals surface area contributed by atoms with E-state index in [1.165, 1.54) is 12.8 Å². The number of hydrogen-bond acceptors (Lipinski definition) is 0. The van der Waals surface area contributed by atoms with Crippen LogP contribution in [0.2, 0.25) is 0 Å². The van der Waals surface area contributed by atoms with Gasteiger partial charge in [0.1, 0.15) is 0 Å². The molecule has 1 aliphatic rings. The SMILES string of the molecule is CCC(I)C1C=C(C)C(I)C(I)C1. The van der Waals surface area contributed by atoms with E-state index in [2.05, 4.69) is 87.7 Å². The third kappa shape index (κ3) is 3.46. The van der Waals surface area contributed by atoms with Gasteiger partial charge in [-0.05, 0) is 25.7 Å². The highest BCUT2D eigenvalue weighted by molar-refractivity contribution is 14.1. The average molecular weight is 516 g/mol. The Balaban J connectivity index is 2.71. The van der Waals surface area contributed by atoms with E-state index in [1.54, 1.807) is 5.57 Å². The summed E-state index contributed by atoms with van der Waals surface area (Å²) in [6, 6.07) is 0. The summed E-state index contributed by atoms with van der Waals surface area (Å²) in [5.74, 6) is 0.818. The van der Waals surface area contributed by atoms with Crippen molar-refractivity contribution in [3.63, 3.8) is 0 Å². The van der Waals surface area contributed by atoms with Crippen molar-refractivity contribution in [2.45, 2.75) is 38.5 Å². The summed E-state index contributed by atoms with van der Waals surface area (Å²) in [5, 5.41) is 0. The zero-order valence-corrected chi connectivity index (χ0v) is 14.4. The van der Waals surface area contributed by atoms with Crippen LogP contribution in [0, 0.1) is 5.92 Å². The number of alkyl halides is 3. The molecule has 0 amide bonds. The van der Waals surface area contributed by atoms with Crippen molar-refractivity contribution in [2.75, 3.05) is 0 Å². The second-order valence-electron chi connectivity index (χ2n) is 3.65. The molecule has 1 rings (SSSR count). The van der Waals surface area contributed by atoms with E-state index in [0.29, 0.717) is 0 Å². The highest BCUT2D eigenvalue weighted by atomic mass is 127. The van der Waals surface area contributed by atoms with Crippen molar-refractivity contribution in [1.29, 1.82) is 0 Å². The first-order valence-corrected chi connectivity index (χ1v) is 8.40. The molecule has 0 radical (unpaired) electrons. The van der Waals surface area contributed by atoms with Crippen LogP contribution in [0.5, 0.6) is 0 Å². The summed E-state index contributed by atoms with van der Waals surface area (Å²) < 4.78 is 2.42. The molecular weight excluding hydrogens is 501 g/mol. The van der Waals surface area contributed by atoms with Crippen molar-refractivity contribution < 1.29 is 0 Å². The Morgan fingerprint density at radius 1 is 1.54 bits per heavy atom. The van der Waals surface area contributed by atoms with Gasteiger partial charge < -0.3 is 0 Å². The van der Waals surface area contributed by atoms with Gasteiger partial charge in [0.05, 0.1) is 0 Å². The van der Waals surface area contributed by atoms with E-state index in [0.717, 1.165) is 17.7 Å². The molecule has 0 spiro atoms. The van der Waals surface area contributed by atoms with E-state index >= 15 is 0 Å². The second kappa shape index (κ2) is 5.86. The Kier molecular flexibility index (Phi) is 5.86. The van der Waals surface area contributed by atoms with E-state index < -0.39 is 0 Å². The predicted molar refractivity (Wildman–Crippen MR) is 85.6 cm³/mol. The van der Waals surface area contributed by atoms with Crippen LogP contribution >= 0.6 is 67.8 Å². The summed E-state index contributed by atoms with van der Waals surface area (Å²) in [4.78, 5) is 0. The molecule has 4 unspecified atom stereocenters. The first-order valence-electron chi connectivity index (χ1n) is 4.66. The molecule has 1 aliphatic carbocycles. The molecule has 76 valence electrons. The number of allylic oxidation sites excluding steroid dienone is 2. The highest BCUT2D eigenvalue weighted by Gasteiger charge is 2.28. The van der Waals surface area contributed by atoms with Crippen LogP contribution in [-0.2, 0) is 0 Å². The maximum absolute atomic E-state index is 2.61. The van der Waals surface area contributed by atoms with Crippen LogP contribution in [0.3, 0.4) is 0 Å². The lowest BCUT2D eigenvalue weighted by Gasteiger charge is -2.30. The molecule has 3 heteroatoms. The lowest BCUT2D eigenvalue weighted by Crippen LogP contribution is -2.27. The Hall–Kier alpha value is 1.93. The van der Waals surface area contributed by atoms with E-state index in [9.17, 15) is 0 Å². The van der Waals surface area contributed by atoms with E-state index in [1.807, 2.05) is 0 Å². The summed E-state index contributed by atoms with van der Waals surface area (Å²) in [6.45, 7) is 4.58. The van der Waals surface area contributed by atoms with E-state index in [-0.39, 0.29) is 0 Å². The fraction of sp³-hybridized carbons (Fsp3) is 0.800. The van der Waals surface area contributed by atoms with Gasteiger partial charge in [-0.15, -0.1) is 0 Å². The minimum Gasteiger partial charge on any atom is -0.0820 e. The van der Waals surface area contributed by atoms with Crippen molar-refractivity contribution >= 4 is 67.8 Å². The number of hydrogen-bond donors (Lipinski definition) is 0. The molecule has 0 aromatic rings. The van der Waals surface area contributed by atoms with E-state index in [4.69, 9.17) is 0 Å². The zero-order chi connectivity index (χ0) is 10.0. The average Bonchev–Trinajstić information content (AvgIpc) is 2.12. The lowest BCUT2D eigenvalue weighted by atomic mass is 9.88. The maximum atomic E-state index is 2.61. The third-order valence-electron chi connectivity index (χ3n) is 2.58. The van der Waals surface area contributed by atoms with Gasteiger partial charge in [0.25, 0.3) is 0 Å². The van der Waals surface area contributed by atoms with Gasteiger partial charge in [0.15, 0.2) is 0 Å². The van der Waals surface area contributed by atoms with Crippen LogP contribution in [0.4, 0.5) is 0 Å². The minimum absolute atomic E-state index is 0.759. The largest absolute Gasteiger partial charge is 0.0820 e. The van der Waals surface area contributed by atoms with Gasteiger partial charge >= 0.3 is 0 Å². The molecular formula is C10H15I3. The van der Waals surface area contributed by atoms with Gasteiger partial charge in [-0.25, -0.2) is 0 Å². The monoisotopic (exact) mass is 516 g/mol. The van der Waals surface area contributed by atoms with Gasteiger partial charge in [-0.3, -0.25) is 0 Å². The highest BCUT2D eigenvalue weighted by Crippen LogP contribution is 2.37. The summed E-state index contributed by atoms with van der Waals surface area (Å²) in [6.07, 6.45) is 5.17. The van der Waals surface area contributed by atoms with Crippen LogP contribution in [0.15, 0.2) is 11.6 Å². The van der Waals surface area contributed by atoms with Crippen LogP contribution in [-0.4, -0.2) is 11.8 Å². The van der Waals surface area contributed by atoms with Gasteiger partial charge in [0, 0.05) is 11.8 Å². The van der Waals surface area contributed by atoms with Gasteiger partial charge in [-0.1, -0.05) is 86.3 Å². The standard InChI is InChI=1S/C10H15I3/c1-3-8(11)7-4-6(2)10(13)9(12)5-7/h4,7-10H,3,5H2,1-2H3. The fourth-order valence-electron chi connectivity index (χ4n) is 1.72. The minimum atomic E-state index is 0.759. The van der Waals surface area contributed by atoms with Crippen LogP contribution in [0.1, 0.15) is 26.7 Å². The molecule has 0 heterocycles. The fourth-order valence-corrected chi connectivity index (χ4v) is 3.87. The molecule has 0 saturated heterocycles. The predicted octanol–water partition coefficient (Wildman–Crippen LogP) is 4.77. The summed E-state index contributed by atoms with van der Waals surface area (Å²) in [5.41, 5.74) is 1.59. The van der Waals surface area contributed by atoms with Crippen molar-refractivity contribution in [1.82, 2.24) is 0 Å². The Bertz CT molecular complexity index is 200. The normalized spacial score (nSPS) is 37.0. The first kappa shape index (κ1) is 13.0. The Morgan fingerprint density at radius 2 is 2.15 bits per heavy atom. The molecule has 4 atom stereocenters. The quantitative estimate of drug-likeness (QED) is 0.282. The van der Waals surface area contributed by atoms with Crippen LogP contribution < -0.4 is 0 Å². The molecule has 0 fully saturated rings. The molecule has 0 bridgehead atoms. The Morgan fingerprint density at radius 3 is 2.62 bits per heavy atom. The van der Waals surface area contributed by atoms with Gasteiger partial charge in [-0.2, -0.15) is 0 Å². The molecule has 0 N–H and O–H groups in total. The zero-order valence-electron chi connectivity index (χ0n) is 7.93. The van der Waals surface area contributed by atoms with Crippen molar-refractivity contribution in [3.05, 3.63) is 11.6 Å². The molecule has 13 heavy (non-hydrogen) atoms. The summed E-state index contributed by atoms with van der Waals surface area (Å²) >= 11 is 7.79. The smallest absolute Gasteiger partial charge is 0.0434 e. The molecule has 0 aromatic carbocycles. The van der Waals surface area contributed by atoms with Crippen LogP contribution in [0.25, 0.3) is 0 Å². The lowest BCUT2D eigenvalue weighted by molar-refractivity contribution is 0.539. The van der Waals surface area contributed by atoms with Crippen molar-refractivity contribution in [3.8, 4) is 0 Å². The number of halogens is 3. The Labute approximate surface area is 122 Å². The topological polar surface area (TPSA) is 0 Å². The number of rotatable bonds is 2. The second-order valence-corrected chi connectivity index (χ2v) is 8.19. The van der Waals surface area contributed by atoms with Gasteiger partial charge in [0.2, 0.25) is 0 Å². The van der Waals surface area contributed by atoms with Crippen molar-refractivity contribution in [2.24, 2.45) is 5.92 Å². The first-order chi connectivity index (χ1) is 6.06. The molecule has 0 nitrogen and oxygen atoms in total. The molecule has 0 aromatic heterocycles. The summed E-state index contributed by atoms with van der Waals surface area (Å²) in [7, 11) is 0. The molecule has 0 aliphatic heterocycles. The maximum Gasteiger partial charge on any atom is 0.0434 e. The third-order valence-corrected chi connectivity index (χ3v) is 8.84.